The summed E-state index contributed by atoms with van der Waals surface area (Å²) in [7, 11) is 1.59. The summed E-state index contributed by atoms with van der Waals surface area (Å²) >= 11 is 1.46. The Hall–Kier alpha value is -0.260. The molecule has 0 amide bonds. The molecule has 0 aromatic carbocycles. The van der Waals surface area contributed by atoms with E-state index in [-0.39, 0.29) is 18.4 Å². The molecule has 2 rings (SSSR count). The Morgan fingerprint density at radius 1 is 1.35 bits per heavy atom. The Balaban J connectivity index is 1.91. The lowest BCUT2D eigenvalue weighted by Crippen LogP contribution is -2.38. The highest BCUT2D eigenvalue weighted by Gasteiger charge is 2.38. The predicted octanol–water partition coefficient (Wildman–Crippen LogP) is 3.05. The van der Waals surface area contributed by atoms with Gasteiger partial charge in [-0.1, -0.05) is 27.2 Å². The molecule has 1 saturated heterocycles. The molecular weight excluding hydrogens is 276 g/mol. The van der Waals surface area contributed by atoms with Crippen molar-refractivity contribution < 1.29 is 19.0 Å². The van der Waals surface area contributed by atoms with E-state index in [2.05, 4.69) is 20.8 Å². The van der Waals surface area contributed by atoms with E-state index >= 15 is 0 Å². The number of carbonyl (C=O) groups is 1. The zero-order valence-electron chi connectivity index (χ0n) is 12.8. The zero-order chi connectivity index (χ0) is 14.7. The minimum atomic E-state index is -0.523. The average molecular weight is 302 g/mol. The lowest BCUT2D eigenvalue weighted by Gasteiger charge is -2.37. The van der Waals surface area contributed by atoms with Crippen LogP contribution in [0.5, 0.6) is 0 Å². The van der Waals surface area contributed by atoms with Gasteiger partial charge in [-0.15, -0.1) is 11.8 Å². The lowest BCUT2D eigenvalue weighted by molar-refractivity contribution is -0.174. The van der Waals surface area contributed by atoms with Gasteiger partial charge in [0.2, 0.25) is 5.44 Å². The maximum atomic E-state index is 12.2. The number of methoxy groups -OCH3 is 1. The van der Waals surface area contributed by atoms with Crippen LogP contribution < -0.4 is 0 Å². The molecule has 4 nitrogen and oxygen atoms in total. The van der Waals surface area contributed by atoms with E-state index in [1.807, 2.05) is 0 Å². The van der Waals surface area contributed by atoms with E-state index in [0.717, 1.165) is 12.8 Å². The van der Waals surface area contributed by atoms with Gasteiger partial charge in [-0.3, -0.25) is 0 Å². The van der Waals surface area contributed by atoms with E-state index < -0.39 is 5.44 Å². The number of esters is 1. The van der Waals surface area contributed by atoms with Crippen LogP contribution in [0.3, 0.4) is 0 Å². The quantitative estimate of drug-likeness (QED) is 0.747. The van der Waals surface area contributed by atoms with E-state index in [4.69, 9.17) is 14.2 Å². The summed E-state index contributed by atoms with van der Waals surface area (Å²) in [6.07, 6.45) is 3.11. The fourth-order valence-corrected chi connectivity index (χ4v) is 4.03. The maximum absolute atomic E-state index is 12.2. The van der Waals surface area contributed by atoms with E-state index in [9.17, 15) is 4.79 Å². The molecule has 5 atom stereocenters. The first-order valence-corrected chi connectivity index (χ1v) is 8.56. The van der Waals surface area contributed by atoms with Crippen molar-refractivity contribution in [1.82, 2.24) is 0 Å². The smallest absolute Gasteiger partial charge is 0.346 e. The van der Waals surface area contributed by atoms with E-state index in [1.54, 1.807) is 7.11 Å². The fourth-order valence-electron chi connectivity index (χ4n) is 3.08. The largest absolute Gasteiger partial charge is 0.459 e. The van der Waals surface area contributed by atoms with Crippen molar-refractivity contribution in [3.63, 3.8) is 0 Å². The second kappa shape index (κ2) is 7.14. The molecule has 0 aromatic rings. The van der Waals surface area contributed by atoms with E-state index in [1.165, 1.54) is 18.2 Å². The van der Waals surface area contributed by atoms with Gasteiger partial charge in [0.25, 0.3) is 0 Å². The third-order valence-electron chi connectivity index (χ3n) is 4.34. The number of hydrogen-bond donors (Lipinski definition) is 0. The van der Waals surface area contributed by atoms with Crippen molar-refractivity contribution >= 4 is 17.7 Å². The molecule has 0 N–H and O–H groups in total. The van der Waals surface area contributed by atoms with Gasteiger partial charge in [0.15, 0.2) is 6.29 Å². The van der Waals surface area contributed by atoms with Crippen LogP contribution in [0.1, 0.15) is 40.0 Å². The summed E-state index contributed by atoms with van der Waals surface area (Å²) in [6.45, 7) is 6.66. The van der Waals surface area contributed by atoms with Crippen molar-refractivity contribution in [2.45, 2.75) is 57.9 Å². The first-order valence-electron chi connectivity index (χ1n) is 7.51. The van der Waals surface area contributed by atoms with Crippen LogP contribution in [0, 0.1) is 17.8 Å². The molecule has 0 bridgehead atoms. The summed E-state index contributed by atoms with van der Waals surface area (Å²) in [4.78, 5) is 12.2. The van der Waals surface area contributed by atoms with Crippen LogP contribution in [0.4, 0.5) is 0 Å². The molecule has 20 heavy (non-hydrogen) atoms. The average Bonchev–Trinajstić information content (AvgIpc) is 2.87. The van der Waals surface area contributed by atoms with Gasteiger partial charge in [-0.05, 0) is 30.6 Å². The summed E-state index contributed by atoms with van der Waals surface area (Å²) in [5.74, 6) is 2.10. The van der Waals surface area contributed by atoms with Crippen LogP contribution in [0.25, 0.3) is 0 Å². The summed E-state index contributed by atoms with van der Waals surface area (Å²) in [5.41, 5.74) is -0.523. The molecule has 1 saturated carbocycles. The predicted molar refractivity (Wildman–Crippen MR) is 79.4 cm³/mol. The normalized spacial score (nSPS) is 38.1. The summed E-state index contributed by atoms with van der Waals surface area (Å²) < 4.78 is 16.4. The first kappa shape index (κ1) is 16.1. The van der Waals surface area contributed by atoms with Crippen LogP contribution >= 0.6 is 11.8 Å². The monoisotopic (exact) mass is 302 g/mol. The maximum Gasteiger partial charge on any atom is 0.346 e. The minimum Gasteiger partial charge on any atom is -0.459 e. The molecule has 116 valence electrons. The summed E-state index contributed by atoms with van der Waals surface area (Å²) in [6, 6.07) is 0. The van der Waals surface area contributed by atoms with Crippen molar-refractivity contribution in [1.29, 1.82) is 0 Å². The molecule has 1 aliphatic carbocycles. The molecule has 2 aliphatic rings. The Bertz CT molecular complexity index is 334. The van der Waals surface area contributed by atoms with Gasteiger partial charge in [0, 0.05) is 12.9 Å². The number of ether oxygens (including phenoxy) is 3. The van der Waals surface area contributed by atoms with Crippen LogP contribution in [-0.2, 0) is 19.0 Å². The molecule has 2 fully saturated rings. The fraction of sp³-hybridized carbons (Fsp3) is 0.933. The Kier molecular flexibility index (Phi) is 5.75. The number of carbonyl (C=O) groups excluding carboxylic acids is 1. The first-order chi connectivity index (χ1) is 9.51. The third-order valence-corrected chi connectivity index (χ3v) is 5.41. The summed E-state index contributed by atoms with van der Waals surface area (Å²) in [5, 5.41) is 0. The molecule has 0 radical (unpaired) electrons. The molecule has 0 aromatic heterocycles. The number of hydrogen-bond acceptors (Lipinski definition) is 5. The van der Waals surface area contributed by atoms with Crippen molar-refractivity contribution in [2.75, 3.05) is 12.9 Å². The Labute approximate surface area is 125 Å². The number of rotatable bonds is 4. The van der Waals surface area contributed by atoms with Crippen LogP contribution in [0.2, 0.25) is 0 Å². The highest BCUT2D eigenvalue weighted by atomic mass is 32.2. The van der Waals surface area contributed by atoms with Crippen molar-refractivity contribution in [3.05, 3.63) is 0 Å². The van der Waals surface area contributed by atoms with Crippen LogP contribution in [0.15, 0.2) is 0 Å². The van der Waals surface area contributed by atoms with Crippen LogP contribution in [-0.4, -0.2) is 36.7 Å². The molecule has 5 heteroatoms. The van der Waals surface area contributed by atoms with Gasteiger partial charge >= 0.3 is 5.97 Å². The number of thioether (sulfide) groups is 1. The van der Waals surface area contributed by atoms with Gasteiger partial charge in [0.05, 0.1) is 0 Å². The lowest BCUT2D eigenvalue weighted by atomic mass is 9.75. The third kappa shape index (κ3) is 3.89. The second-order valence-corrected chi connectivity index (χ2v) is 7.36. The van der Waals surface area contributed by atoms with Gasteiger partial charge in [-0.2, -0.15) is 0 Å². The van der Waals surface area contributed by atoms with Crippen molar-refractivity contribution in [3.8, 4) is 0 Å². The van der Waals surface area contributed by atoms with Gasteiger partial charge in [0.1, 0.15) is 6.10 Å². The molecule has 1 heterocycles. The molecule has 0 spiro atoms. The standard InChI is InChI=1S/C15H26O4S/c1-9(2)11-6-5-10(3)7-12(11)18-14(16)15-19-13(17-4)8-20-15/h9-13,15H,5-8H2,1-4H3/t10-,11+,12-,13?,15?/m1/s1. The Morgan fingerprint density at radius 3 is 2.70 bits per heavy atom. The Morgan fingerprint density at radius 2 is 2.10 bits per heavy atom. The topological polar surface area (TPSA) is 44.8 Å². The highest BCUT2D eigenvalue weighted by molar-refractivity contribution is 8.00. The van der Waals surface area contributed by atoms with E-state index in [0.29, 0.717) is 23.5 Å². The zero-order valence-corrected chi connectivity index (χ0v) is 13.7. The second-order valence-electron chi connectivity index (χ2n) is 6.27. The SMILES string of the molecule is COC1CSC(C(=O)O[C@@H]2C[C@H](C)CC[C@H]2C(C)C)O1. The van der Waals surface area contributed by atoms with Gasteiger partial charge in [-0.25, -0.2) is 4.79 Å². The highest BCUT2D eigenvalue weighted by Crippen LogP contribution is 2.36. The molecule has 1 aliphatic heterocycles. The molecular formula is C15H26O4S. The minimum absolute atomic E-state index is 0.0389. The van der Waals surface area contributed by atoms with Gasteiger partial charge < -0.3 is 14.2 Å². The van der Waals surface area contributed by atoms with Crippen molar-refractivity contribution in [2.24, 2.45) is 17.8 Å². The molecule has 2 unspecified atom stereocenters.